The Hall–Kier alpha value is -9.31. The molecule has 0 bridgehead atoms. The van der Waals surface area contributed by atoms with Crippen LogP contribution in [0.15, 0.2) is 64.6 Å². The molecule has 93 heavy (non-hydrogen) atoms. The Balaban J connectivity index is 1.97. The highest BCUT2D eigenvalue weighted by Crippen LogP contribution is 2.22. The number of likely N-dealkylation sites (tertiary alicyclic amines) is 1. The minimum atomic E-state index is -1.83. The van der Waals surface area contributed by atoms with Crippen molar-refractivity contribution in [3.8, 4) is 5.75 Å². The molecule has 24 N–H and O–H groups in total. The van der Waals surface area contributed by atoms with E-state index in [0.29, 0.717) is 24.0 Å². The van der Waals surface area contributed by atoms with Gasteiger partial charge in [-0.3, -0.25) is 62.7 Å². The third-order valence-electron chi connectivity index (χ3n) is 14.6. The summed E-state index contributed by atoms with van der Waals surface area (Å²) < 4.78 is 0. The maximum atomic E-state index is 14.7. The third kappa shape index (κ3) is 28.4. The molecular weight excluding hydrogens is 1230 g/mol. The predicted molar refractivity (Wildman–Crippen MR) is 342 cm³/mol. The number of guanidine groups is 2. The number of aliphatic imine (C=N–C) groups is 2. The van der Waals surface area contributed by atoms with Gasteiger partial charge in [0.15, 0.2) is 18.0 Å². The predicted octanol–water partition coefficient (Wildman–Crippen LogP) is -4.51. The number of hydrogen-bond donors (Lipinski definition) is 18. The molecule has 0 radical (unpaired) electrons. The number of carboxylic acids is 2. The number of phenols is 1. The maximum absolute atomic E-state index is 14.7. The van der Waals surface area contributed by atoms with Gasteiger partial charge in [0.2, 0.25) is 59.1 Å². The Bertz CT molecular complexity index is 2930. The van der Waals surface area contributed by atoms with Crippen LogP contribution < -0.4 is 76.9 Å². The van der Waals surface area contributed by atoms with Gasteiger partial charge in [0.25, 0.3) is 0 Å². The van der Waals surface area contributed by atoms with E-state index in [0.717, 1.165) is 6.92 Å². The number of carbonyl (C=O) groups is 12. The monoisotopic (exact) mass is 1330 g/mol. The molecule has 2 aromatic carbocycles. The molecule has 0 saturated carbocycles. The van der Waals surface area contributed by atoms with Gasteiger partial charge in [-0.2, -0.15) is 11.8 Å². The largest absolute Gasteiger partial charge is 0.508 e. The number of carbonyl (C=O) groups excluding carboxylic acids is 10. The van der Waals surface area contributed by atoms with Crippen LogP contribution in [0.2, 0.25) is 0 Å². The number of phenolic OH excluding ortho intramolecular Hbond substituents is 1. The fourth-order valence-corrected chi connectivity index (χ4v) is 10.2. The first-order valence-corrected chi connectivity index (χ1v) is 31.6. The molecule has 33 nitrogen and oxygen atoms in total. The second-order valence-corrected chi connectivity index (χ2v) is 23.7. The summed E-state index contributed by atoms with van der Waals surface area (Å²) in [6.45, 7) is 4.85. The van der Waals surface area contributed by atoms with Gasteiger partial charge >= 0.3 is 11.9 Å². The van der Waals surface area contributed by atoms with Gasteiger partial charge in [-0.15, -0.1) is 0 Å². The summed E-state index contributed by atoms with van der Waals surface area (Å²) >= 11 is 1.28. The van der Waals surface area contributed by atoms with Crippen molar-refractivity contribution >= 4 is 94.7 Å². The van der Waals surface area contributed by atoms with E-state index in [2.05, 4.69) is 52.5 Å². The zero-order chi connectivity index (χ0) is 69.5. The van der Waals surface area contributed by atoms with Crippen LogP contribution in [0, 0.1) is 5.92 Å². The van der Waals surface area contributed by atoms with Gasteiger partial charge < -0.3 is 102 Å². The molecule has 0 spiro atoms. The number of rotatable bonds is 41. The minimum Gasteiger partial charge on any atom is -0.508 e. The number of aromatic hydroxyl groups is 1. The number of aliphatic carboxylic acids is 2. The zero-order valence-corrected chi connectivity index (χ0v) is 53.4. The number of carboxylic acid groups (broad SMARTS) is 2. The highest BCUT2D eigenvalue weighted by Gasteiger charge is 2.41. The average molecular weight is 1330 g/mol. The van der Waals surface area contributed by atoms with Crippen LogP contribution in [0.4, 0.5) is 0 Å². The number of primary amides is 1. The standard InChI is InChI=1S/C59H91N17O16S/c1-31(2)27-43(74-50(84)38(20-21-46(80)81)68-48(82)36(60)13-8-23-66-58(62)63)56(90)76-25-10-15-44(76)55(89)70-37(14-9-24-67-59(64)65)49(83)71-40(28-33-11-6-5-7-12-33)52(86)69-39(22-26-93-4)51(85)73-42(30-45(61)79)53(87)72-41(29-34-16-18-35(78)19-17-34)54(88)75-47(32(3)77)57(91)92/h5-7,11-12,16-19,31-32,36-44,47,77-78H,8-10,13-15,20-30,60H2,1-4H3,(H2,61,79)(H,68,82)(H,69,86)(H,70,89)(H,71,83)(H,72,87)(H,73,85)(H,74,84)(H,75,88)(H,80,81)(H,91,92)(H4,62,63,66)(H4,64,65,67)/t32-,36+,37+,38+,39+,40+,41+,42+,43+,44+,47+/m1/s1. The van der Waals surface area contributed by atoms with Crippen molar-refractivity contribution in [1.82, 2.24) is 47.4 Å². The fraction of sp³-hybridized carbons (Fsp3) is 0.559. The molecule has 10 amide bonds. The summed E-state index contributed by atoms with van der Waals surface area (Å²) in [5.74, 6) is -12.7. The normalized spacial score (nSPS) is 15.9. The van der Waals surface area contributed by atoms with Crippen molar-refractivity contribution in [3.63, 3.8) is 0 Å². The molecule has 1 fully saturated rings. The quantitative estimate of drug-likeness (QED) is 0.0169. The van der Waals surface area contributed by atoms with Crippen molar-refractivity contribution in [3.05, 3.63) is 65.7 Å². The third-order valence-corrected chi connectivity index (χ3v) is 15.2. The second-order valence-electron chi connectivity index (χ2n) is 22.8. The Kier molecular flexibility index (Phi) is 33.4. The first-order valence-electron chi connectivity index (χ1n) is 30.2. The summed E-state index contributed by atoms with van der Waals surface area (Å²) in [7, 11) is 0. The number of benzene rings is 2. The summed E-state index contributed by atoms with van der Waals surface area (Å²) in [6.07, 6.45) is -1.45. The van der Waals surface area contributed by atoms with E-state index < -0.39 is 150 Å². The lowest BCUT2D eigenvalue weighted by atomic mass is 10.0. The minimum absolute atomic E-state index is 0.0126. The first-order chi connectivity index (χ1) is 43.9. The molecule has 3 rings (SSSR count). The van der Waals surface area contributed by atoms with Crippen LogP contribution in [-0.2, 0) is 70.4 Å². The molecule has 2 aromatic rings. The van der Waals surface area contributed by atoms with Crippen molar-refractivity contribution in [2.45, 2.75) is 171 Å². The van der Waals surface area contributed by atoms with Crippen LogP contribution in [0.5, 0.6) is 5.75 Å². The lowest BCUT2D eigenvalue weighted by Gasteiger charge is -2.31. The summed E-state index contributed by atoms with van der Waals surface area (Å²) in [5, 5.41) is 59.4. The molecule has 0 unspecified atom stereocenters. The molecule has 11 atom stereocenters. The number of amides is 10. The zero-order valence-electron chi connectivity index (χ0n) is 52.5. The maximum Gasteiger partial charge on any atom is 0.328 e. The molecule has 1 saturated heterocycles. The summed E-state index contributed by atoms with van der Waals surface area (Å²) in [4.78, 5) is 173. The molecular formula is C59H91N17O16S. The smallest absolute Gasteiger partial charge is 0.328 e. The second kappa shape index (κ2) is 39.8. The topological polar surface area (TPSA) is 566 Å². The first kappa shape index (κ1) is 77.9. The lowest BCUT2D eigenvalue weighted by Crippen LogP contribution is -2.61. The van der Waals surface area contributed by atoms with E-state index in [-0.39, 0.29) is 107 Å². The van der Waals surface area contributed by atoms with Gasteiger partial charge in [0.1, 0.15) is 54.1 Å². The fourth-order valence-electron chi connectivity index (χ4n) is 9.76. The van der Waals surface area contributed by atoms with E-state index >= 15 is 0 Å². The van der Waals surface area contributed by atoms with Gasteiger partial charge in [-0.05, 0) is 106 Å². The number of aliphatic hydroxyl groups excluding tert-OH is 1. The molecule has 514 valence electrons. The molecule has 1 aliphatic heterocycles. The Morgan fingerprint density at radius 2 is 1.06 bits per heavy atom. The SMILES string of the molecule is CSCC[C@H](NC(=O)[C@H](Cc1ccccc1)NC(=O)[C@H](CCCN=C(N)N)NC(=O)[C@@H]1CCCN1C(=O)[C@H](CC(C)C)NC(=O)[C@H](CCC(=O)O)NC(=O)[C@@H](N)CCCN=C(N)N)C(=O)N[C@@H](CC(N)=O)C(=O)N[C@@H](Cc1ccc(O)cc1)C(=O)N[C@H](C(=O)O)[C@@H](C)O. The van der Waals surface area contributed by atoms with E-state index in [1.165, 1.54) is 40.9 Å². The van der Waals surface area contributed by atoms with Crippen molar-refractivity contribution in [2.24, 2.45) is 50.3 Å². The number of thioether (sulfide) groups is 1. The van der Waals surface area contributed by atoms with E-state index in [1.807, 2.05) is 0 Å². The molecule has 0 aliphatic carbocycles. The lowest BCUT2D eigenvalue weighted by molar-refractivity contribution is -0.145. The van der Waals surface area contributed by atoms with E-state index in [1.54, 1.807) is 50.4 Å². The number of nitrogens with two attached hydrogens (primary N) is 6. The van der Waals surface area contributed by atoms with Gasteiger partial charge in [0.05, 0.1) is 18.6 Å². The highest BCUT2D eigenvalue weighted by atomic mass is 32.2. The highest BCUT2D eigenvalue weighted by molar-refractivity contribution is 7.98. The number of hydrogen-bond acceptors (Lipinski definition) is 18. The van der Waals surface area contributed by atoms with Crippen molar-refractivity contribution < 1.29 is 78.0 Å². The Morgan fingerprint density at radius 1 is 0.591 bits per heavy atom. The summed E-state index contributed by atoms with van der Waals surface area (Å²) in [6, 6.07) is -0.987. The van der Waals surface area contributed by atoms with E-state index in [9.17, 15) is 78.0 Å². The molecule has 1 aliphatic rings. The van der Waals surface area contributed by atoms with Crippen LogP contribution in [-0.4, -0.2) is 206 Å². The van der Waals surface area contributed by atoms with Gasteiger partial charge in [-0.25, -0.2) is 4.79 Å². The molecule has 1 heterocycles. The average Bonchev–Trinajstić information content (AvgIpc) is 1.82. The summed E-state index contributed by atoms with van der Waals surface area (Å²) in [5.41, 5.74) is 34.4. The number of nitrogens with zero attached hydrogens (tertiary/aromatic N) is 3. The number of nitrogens with one attached hydrogen (secondary N) is 8. The van der Waals surface area contributed by atoms with E-state index in [4.69, 9.17) is 34.4 Å². The Morgan fingerprint density at radius 3 is 1.58 bits per heavy atom. The van der Waals surface area contributed by atoms with Crippen LogP contribution >= 0.6 is 11.8 Å². The van der Waals surface area contributed by atoms with Gasteiger partial charge in [0, 0.05) is 38.9 Å². The van der Waals surface area contributed by atoms with Crippen molar-refractivity contribution in [2.75, 3.05) is 31.6 Å². The van der Waals surface area contributed by atoms with Crippen molar-refractivity contribution in [1.29, 1.82) is 0 Å². The van der Waals surface area contributed by atoms with Crippen LogP contribution in [0.1, 0.15) is 103 Å². The Labute approximate surface area is 542 Å². The van der Waals surface area contributed by atoms with Crippen LogP contribution in [0.25, 0.3) is 0 Å². The van der Waals surface area contributed by atoms with Gasteiger partial charge in [-0.1, -0.05) is 56.3 Å². The molecule has 34 heteroatoms. The number of aliphatic hydroxyl groups is 1. The molecule has 0 aromatic heterocycles. The van der Waals surface area contributed by atoms with Crippen LogP contribution in [0.3, 0.4) is 0 Å².